The highest BCUT2D eigenvalue weighted by atomic mass is 32.1. The van der Waals surface area contributed by atoms with Crippen molar-refractivity contribution in [3.8, 4) is 17.3 Å². The molecule has 0 spiro atoms. The van der Waals surface area contributed by atoms with Gasteiger partial charge in [0.2, 0.25) is 0 Å². The fourth-order valence-corrected chi connectivity index (χ4v) is 7.86. The number of halogens is 5. The molecule has 50 heavy (non-hydrogen) atoms. The minimum absolute atomic E-state index is 0.0191. The van der Waals surface area contributed by atoms with Gasteiger partial charge in [0.15, 0.2) is 16.8 Å². The Hall–Kier alpha value is -4.55. The Balaban J connectivity index is 0.000000375. The number of nitrogens with zero attached hydrogens (tertiary/aromatic N) is 8. The van der Waals surface area contributed by atoms with Gasteiger partial charge in [-0.3, -0.25) is 14.7 Å². The summed E-state index contributed by atoms with van der Waals surface area (Å²) in [5.74, 6) is -4.37. The number of hydrogen-bond acceptors (Lipinski definition) is 12. The largest absolute Gasteiger partial charge is 0.467 e. The number of carbonyl (C=O) groups is 1. The standard InChI is InChI=1S/C25H18F4N8O2S2.C7H12FN/c1-39-25-34-18-11(10-32-19(17(18)29)16-12(26)8-13(27)21-20(16)33-24(30)41-21)22(35-25)36-3-5-37(6-4-36)23(38)14(28)9-15-31-2-7-40-15;8-6-4-7-2-1-3-9(7)5-6/h2,7-10H,3-6H2,1H3,(H2,30,33);6-7H,1-5H2/b14-9-;. The molecule has 18 heteroatoms. The highest BCUT2D eigenvalue weighted by Crippen LogP contribution is 2.39. The zero-order valence-electron chi connectivity index (χ0n) is 26.6. The van der Waals surface area contributed by atoms with Gasteiger partial charge >= 0.3 is 6.01 Å². The Morgan fingerprint density at radius 2 is 1.86 bits per heavy atom. The van der Waals surface area contributed by atoms with Crippen LogP contribution in [-0.2, 0) is 4.79 Å². The van der Waals surface area contributed by atoms with E-state index in [4.69, 9.17) is 10.5 Å². The number of benzene rings is 1. The van der Waals surface area contributed by atoms with Gasteiger partial charge in [0.05, 0.1) is 28.3 Å². The summed E-state index contributed by atoms with van der Waals surface area (Å²) in [5.41, 5.74) is 4.55. The highest BCUT2D eigenvalue weighted by Gasteiger charge is 2.35. The van der Waals surface area contributed by atoms with Crippen molar-refractivity contribution >= 4 is 66.7 Å². The Labute approximate surface area is 290 Å². The van der Waals surface area contributed by atoms with E-state index in [0.717, 1.165) is 30.4 Å². The van der Waals surface area contributed by atoms with Crippen LogP contribution in [0.5, 0.6) is 6.01 Å². The molecule has 3 fully saturated rings. The molecule has 5 aromatic rings. The molecule has 8 rings (SSSR count). The van der Waals surface area contributed by atoms with E-state index in [9.17, 15) is 22.4 Å². The lowest BCUT2D eigenvalue weighted by atomic mass is 10.1. The molecular formula is C32H30F5N9O2S2. The normalized spacial score (nSPS) is 19.6. The fraction of sp³-hybridized carbons (Fsp3) is 0.375. The van der Waals surface area contributed by atoms with Crippen molar-refractivity contribution in [3.63, 3.8) is 0 Å². The second-order valence-corrected chi connectivity index (χ2v) is 13.9. The summed E-state index contributed by atoms with van der Waals surface area (Å²) < 4.78 is 77.6. The lowest BCUT2D eigenvalue weighted by Gasteiger charge is -2.35. The third-order valence-electron chi connectivity index (χ3n) is 8.88. The van der Waals surface area contributed by atoms with E-state index in [-0.39, 0.29) is 69.8 Å². The number of nitrogen functional groups attached to an aromatic ring is 1. The van der Waals surface area contributed by atoms with Crippen molar-refractivity contribution in [1.29, 1.82) is 0 Å². The molecule has 2 unspecified atom stereocenters. The molecule has 7 heterocycles. The van der Waals surface area contributed by atoms with E-state index >= 15 is 4.39 Å². The summed E-state index contributed by atoms with van der Waals surface area (Å²) in [5, 5.41) is 2.23. The Bertz CT molecular complexity index is 2080. The molecule has 2 atom stereocenters. The molecule has 1 aromatic carbocycles. The van der Waals surface area contributed by atoms with Gasteiger partial charge in [-0.05, 0) is 25.8 Å². The number of anilines is 2. The second kappa shape index (κ2) is 14.0. The number of carbonyl (C=O) groups excluding carboxylic acids is 1. The van der Waals surface area contributed by atoms with Crippen molar-refractivity contribution in [2.45, 2.75) is 31.5 Å². The van der Waals surface area contributed by atoms with Crippen LogP contribution in [0.2, 0.25) is 0 Å². The summed E-state index contributed by atoms with van der Waals surface area (Å²) in [7, 11) is 1.31. The van der Waals surface area contributed by atoms with Gasteiger partial charge in [-0.25, -0.2) is 31.9 Å². The minimum Gasteiger partial charge on any atom is -0.467 e. The lowest BCUT2D eigenvalue weighted by molar-refractivity contribution is -0.128. The van der Waals surface area contributed by atoms with E-state index < -0.39 is 41.1 Å². The SMILES string of the molecule is COc1nc(N2CCN(C(=O)/C(F)=C/c3nccs3)CC2)c2cnc(-c3c(F)cc(F)c4sc(N)nc34)c(F)c2n1.FC1CC2CCCN2C1. The number of aromatic nitrogens is 5. The number of hydrogen-bond donors (Lipinski definition) is 1. The number of rotatable bonds is 5. The summed E-state index contributed by atoms with van der Waals surface area (Å²) in [6.07, 6.45) is 6.69. The quantitative estimate of drug-likeness (QED) is 0.180. The molecule has 3 aliphatic rings. The van der Waals surface area contributed by atoms with Crippen LogP contribution in [0.25, 0.3) is 38.5 Å². The molecule has 11 nitrogen and oxygen atoms in total. The van der Waals surface area contributed by atoms with Gasteiger partial charge in [0.25, 0.3) is 5.91 Å². The average Bonchev–Trinajstić information content (AvgIpc) is 3.92. The number of methoxy groups -OCH3 is 1. The lowest BCUT2D eigenvalue weighted by Crippen LogP contribution is -2.49. The van der Waals surface area contributed by atoms with E-state index in [1.807, 2.05) is 0 Å². The Morgan fingerprint density at radius 3 is 2.58 bits per heavy atom. The topological polar surface area (TPSA) is 126 Å². The van der Waals surface area contributed by atoms with Crippen LogP contribution in [0.15, 0.2) is 29.7 Å². The zero-order chi connectivity index (χ0) is 35.1. The van der Waals surface area contributed by atoms with Crippen LogP contribution < -0.4 is 15.4 Å². The zero-order valence-corrected chi connectivity index (χ0v) is 28.2. The van der Waals surface area contributed by atoms with E-state index in [0.29, 0.717) is 23.7 Å². The molecule has 0 bridgehead atoms. The molecule has 3 aliphatic heterocycles. The van der Waals surface area contributed by atoms with Crippen molar-refractivity contribution in [3.05, 3.63) is 52.1 Å². The number of amides is 1. The van der Waals surface area contributed by atoms with Crippen LogP contribution in [0.3, 0.4) is 0 Å². The summed E-state index contributed by atoms with van der Waals surface area (Å²) in [4.78, 5) is 38.6. The first-order valence-electron chi connectivity index (χ1n) is 15.7. The minimum atomic E-state index is -1.07. The van der Waals surface area contributed by atoms with E-state index in [1.165, 1.54) is 48.6 Å². The first-order valence-corrected chi connectivity index (χ1v) is 17.4. The van der Waals surface area contributed by atoms with Crippen LogP contribution in [0.1, 0.15) is 24.3 Å². The summed E-state index contributed by atoms with van der Waals surface area (Å²) in [6, 6.07) is 1.07. The smallest absolute Gasteiger partial charge is 0.318 e. The van der Waals surface area contributed by atoms with Crippen LogP contribution in [0, 0.1) is 17.5 Å². The highest BCUT2D eigenvalue weighted by molar-refractivity contribution is 7.22. The number of nitrogens with two attached hydrogens (primary N) is 1. The maximum absolute atomic E-state index is 16.0. The number of ether oxygens (including phenoxy) is 1. The third kappa shape index (κ3) is 6.54. The Kier molecular flexibility index (Phi) is 9.49. The predicted octanol–water partition coefficient (Wildman–Crippen LogP) is 5.62. The van der Waals surface area contributed by atoms with Gasteiger partial charge in [0, 0.05) is 68.7 Å². The second-order valence-electron chi connectivity index (χ2n) is 11.9. The third-order valence-corrected chi connectivity index (χ3v) is 10.5. The number of piperazine rings is 1. The molecular weight excluding hydrogens is 702 g/mol. The van der Waals surface area contributed by atoms with Crippen molar-refractivity contribution in [2.24, 2.45) is 0 Å². The van der Waals surface area contributed by atoms with Gasteiger partial charge in [-0.15, -0.1) is 11.3 Å². The first-order chi connectivity index (χ1) is 24.1. The number of fused-ring (bicyclic) bond motifs is 3. The van der Waals surface area contributed by atoms with Crippen LogP contribution >= 0.6 is 22.7 Å². The molecule has 0 radical (unpaired) electrons. The molecule has 3 saturated heterocycles. The van der Waals surface area contributed by atoms with Gasteiger partial charge in [-0.1, -0.05) is 11.3 Å². The van der Waals surface area contributed by atoms with Gasteiger partial charge in [0.1, 0.15) is 39.8 Å². The monoisotopic (exact) mass is 731 g/mol. The molecule has 4 aromatic heterocycles. The van der Waals surface area contributed by atoms with E-state index in [1.54, 1.807) is 10.3 Å². The van der Waals surface area contributed by atoms with E-state index in [2.05, 4.69) is 29.8 Å². The molecule has 0 saturated carbocycles. The summed E-state index contributed by atoms with van der Waals surface area (Å²) in [6.45, 7) is 2.64. The molecule has 262 valence electrons. The molecule has 2 N–H and O–H groups in total. The van der Waals surface area contributed by atoms with Crippen molar-refractivity contribution in [2.75, 3.05) is 57.0 Å². The maximum Gasteiger partial charge on any atom is 0.318 e. The van der Waals surface area contributed by atoms with Crippen LogP contribution in [-0.4, -0.2) is 99.2 Å². The van der Waals surface area contributed by atoms with Crippen LogP contribution in [0.4, 0.5) is 32.9 Å². The average molecular weight is 732 g/mol. The van der Waals surface area contributed by atoms with Gasteiger partial charge in [-0.2, -0.15) is 9.97 Å². The maximum atomic E-state index is 16.0. The van der Waals surface area contributed by atoms with Gasteiger partial charge < -0.3 is 20.3 Å². The molecule has 0 aliphatic carbocycles. The first kappa shape index (κ1) is 33.9. The van der Waals surface area contributed by atoms with Crippen molar-refractivity contribution < 1.29 is 31.5 Å². The fourth-order valence-electron chi connectivity index (χ4n) is 6.56. The molecule has 1 amide bonds. The summed E-state index contributed by atoms with van der Waals surface area (Å²) >= 11 is 2.01. The predicted molar refractivity (Wildman–Crippen MR) is 181 cm³/mol. The number of alkyl halides is 1. The number of pyridine rings is 1. The number of thiazole rings is 2. The Morgan fingerprint density at radius 1 is 1.06 bits per heavy atom. The van der Waals surface area contributed by atoms with Crippen molar-refractivity contribution in [1.82, 2.24) is 34.7 Å².